The summed E-state index contributed by atoms with van der Waals surface area (Å²) in [4.78, 5) is 10.3. The van der Waals surface area contributed by atoms with Crippen molar-refractivity contribution in [2.45, 2.75) is 27.7 Å². The van der Waals surface area contributed by atoms with E-state index in [9.17, 15) is 9.90 Å². The van der Waals surface area contributed by atoms with E-state index in [0.29, 0.717) is 5.57 Å². The highest BCUT2D eigenvalue weighted by Crippen LogP contribution is 2.17. The normalized spacial score (nSPS) is 13.6. The summed E-state index contributed by atoms with van der Waals surface area (Å²) in [7, 11) is 0. The molecule has 0 aromatic carbocycles. The number of aryl methyl sites for hydroxylation is 2. The maximum absolute atomic E-state index is 10.3. The van der Waals surface area contributed by atoms with Crippen LogP contribution in [-0.2, 0) is 4.79 Å². The van der Waals surface area contributed by atoms with Gasteiger partial charge in [0.2, 0.25) is 0 Å². The van der Waals surface area contributed by atoms with Crippen molar-refractivity contribution in [1.82, 2.24) is 0 Å². The molecule has 0 bridgehead atoms. The molecule has 0 unspecified atom stereocenters. The number of carboxylic acid groups (broad SMARTS) is 1. The van der Waals surface area contributed by atoms with E-state index in [2.05, 4.69) is 0 Å². The van der Waals surface area contributed by atoms with Crippen LogP contribution in [0.4, 0.5) is 0 Å². The van der Waals surface area contributed by atoms with E-state index in [-0.39, 0.29) is 0 Å². The van der Waals surface area contributed by atoms with E-state index in [1.54, 1.807) is 19.3 Å². The highest BCUT2D eigenvalue weighted by molar-refractivity contribution is 5.79. The van der Waals surface area contributed by atoms with Gasteiger partial charge in [-0.05, 0) is 44.9 Å². The Hall–Kier alpha value is -2.29. The fourth-order valence-corrected chi connectivity index (χ4v) is 1.69. The summed E-state index contributed by atoms with van der Waals surface area (Å²) in [6, 6.07) is 0. The lowest BCUT2D eigenvalue weighted by molar-refractivity contribution is -0.297. The summed E-state index contributed by atoms with van der Waals surface area (Å²) in [5.41, 5.74) is 3.90. The molecule has 0 spiro atoms. The molecule has 0 radical (unpaired) electrons. The molecule has 0 aliphatic heterocycles. The van der Waals surface area contributed by atoms with Crippen molar-refractivity contribution in [1.29, 1.82) is 0 Å². The molecule has 1 aromatic rings. The smallest absolute Gasteiger partial charge is 0.108 e. The number of rotatable bonds is 5. The maximum Gasteiger partial charge on any atom is 0.108 e. The van der Waals surface area contributed by atoms with E-state index in [4.69, 9.17) is 4.42 Å². The molecule has 0 aliphatic carbocycles. The molecule has 1 heterocycles. The first-order chi connectivity index (χ1) is 9.40. The van der Waals surface area contributed by atoms with Gasteiger partial charge in [0.15, 0.2) is 0 Å². The Morgan fingerprint density at radius 2 is 1.90 bits per heavy atom. The first-order valence-electron chi connectivity index (χ1n) is 6.37. The largest absolute Gasteiger partial charge is 0.545 e. The quantitative estimate of drug-likeness (QED) is 0.610. The van der Waals surface area contributed by atoms with E-state index < -0.39 is 5.97 Å². The molecule has 0 aliphatic rings. The number of aliphatic carboxylic acids is 1. The highest BCUT2D eigenvalue weighted by Gasteiger charge is 2.01. The van der Waals surface area contributed by atoms with Crippen LogP contribution in [0.3, 0.4) is 0 Å². The Labute approximate surface area is 119 Å². The lowest BCUT2D eigenvalue weighted by Crippen LogP contribution is -2.19. The zero-order valence-corrected chi connectivity index (χ0v) is 12.3. The van der Waals surface area contributed by atoms with Gasteiger partial charge in [-0.1, -0.05) is 36.0 Å². The van der Waals surface area contributed by atoms with E-state index in [1.165, 1.54) is 0 Å². The molecule has 20 heavy (non-hydrogen) atoms. The molecule has 106 valence electrons. The fraction of sp³-hybridized carbons (Fsp3) is 0.235. The van der Waals surface area contributed by atoms with Gasteiger partial charge in [0.25, 0.3) is 0 Å². The van der Waals surface area contributed by atoms with Crippen LogP contribution in [0.1, 0.15) is 30.7 Å². The van der Waals surface area contributed by atoms with Crippen LogP contribution in [0.2, 0.25) is 0 Å². The Morgan fingerprint density at radius 3 is 2.45 bits per heavy atom. The standard InChI is InChI=1S/C17H20O3/c1-12(6-5-7-13(2)10-17(18)19)8-9-16-14(3)11-20-15(16)4/h5-11H,1-4H3,(H,18,19)/p-1/b7-5+,9-8+,12-6+,13-10+. The van der Waals surface area contributed by atoms with Gasteiger partial charge >= 0.3 is 0 Å². The number of carbonyl (C=O) groups excluding carboxylic acids is 1. The number of hydrogen-bond acceptors (Lipinski definition) is 3. The molecular formula is C17H19O3-. The van der Waals surface area contributed by atoms with Crippen molar-refractivity contribution in [3.8, 4) is 0 Å². The van der Waals surface area contributed by atoms with Crippen molar-refractivity contribution in [3.05, 3.63) is 64.7 Å². The molecule has 0 fully saturated rings. The van der Waals surface area contributed by atoms with E-state index >= 15 is 0 Å². The minimum absolute atomic E-state index is 0.638. The third kappa shape index (κ3) is 5.14. The third-order valence-corrected chi connectivity index (χ3v) is 2.79. The van der Waals surface area contributed by atoms with Crippen molar-refractivity contribution in [2.24, 2.45) is 0 Å². The van der Waals surface area contributed by atoms with Crippen molar-refractivity contribution >= 4 is 12.0 Å². The summed E-state index contributed by atoms with van der Waals surface area (Å²) >= 11 is 0. The summed E-state index contributed by atoms with van der Waals surface area (Å²) in [6.07, 6.45) is 12.2. The number of carboxylic acids is 1. The van der Waals surface area contributed by atoms with Crippen molar-refractivity contribution in [3.63, 3.8) is 0 Å². The molecule has 1 aromatic heterocycles. The zero-order chi connectivity index (χ0) is 15.1. The molecule has 1 rings (SSSR count). The lowest BCUT2D eigenvalue weighted by Gasteiger charge is -1.94. The van der Waals surface area contributed by atoms with Gasteiger partial charge in [0.05, 0.1) is 12.2 Å². The van der Waals surface area contributed by atoms with Crippen molar-refractivity contribution < 1.29 is 14.3 Å². The minimum atomic E-state index is -1.18. The molecule has 3 heteroatoms. The average Bonchev–Trinajstić information content (AvgIpc) is 2.65. The van der Waals surface area contributed by atoms with Gasteiger partial charge in [-0.15, -0.1) is 0 Å². The first kappa shape index (κ1) is 15.8. The molecule has 0 saturated carbocycles. The predicted molar refractivity (Wildman–Crippen MR) is 78.9 cm³/mol. The first-order valence-corrected chi connectivity index (χ1v) is 6.37. The fourth-order valence-electron chi connectivity index (χ4n) is 1.69. The van der Waals surface area contributed by atoms with Crippen LogP contribution in [0.15, 0.2) is 52.2 Å². The summed E-state index contributed by atoms with van der Waals surface area (Å²) in [5.74, 6) is -0.284. The van der Waals surface area contributed by atoms with Gasteiger partial charge in [-0.3, -0.25) is 0 Å². The molecule has 0 atom stereocenters. The lowest BCUT2D eigenvalue weighted by atomic mass is 10.1. The molecule has 0 amide bonds. The Balaban J connectivity index is 2.72. The van der Waals surface area contributed by atoms with Gasteiger partial charge in [-0.25, -0.2) is 0 Å². The van der Waals surface area contributed by atoms with Gasteiger partial charge in [-0.2, -0.15) is 0 Å². The Bertz CT molecular complexity index is 576. The van der Waals surface area contributed by atoms with Crippen LogP contribution >= 0.6 is 0 Å². The summed E-state index contributed by atoms with van der Waals surface area (Å²) in [6.45, 7) is 7.62. The topological polar surface area (TPSA) is 53.3 Å². The highest BCUT2D eigenvalue weighted by atomic mass is 16.4. The zero-order valence-electron chi connectivity index (χ0n) is 12.3. The average molecular weight is 271 g/mol. The summed E-state index contributed by atoms with van der Waals surface area (Å²) < 4.78 is 5.32. The van der Waals surface area contributed by atoms with E-state index in [0.717, 1.165) is 28.5 Å². The number of allylic oxidation sites excluding steroid dienone is 6. The summed E-state index contributed by atoms with van der Waals surface area (Å²) in [5, 5.41) is 10.3. The van der Waals surface area contributed by atoms with Crippen LogP contribution in [-0.4, -0.2) is 5.97 Å². The van der Waals surface area contributed by atoms with Gasteiger partial charge < -0.3 is 14.3 Å². The monoisotopic (exact) mass is 271 g/mol. The number of hydrogen-bond donors (Lipinski definition) is 0. The second-order valence-electron chi connectivity index (χ2n) is 4.70. The number of carbonyl (C=O) groups is 1. The predicted octanol–water partition coefficient (Wildman–Crippen LogP) is 3.11. The van der Waals surface area contributed by atoms with Crippen LogP contribution < -0.4 is 5.11 Å². The SMILES string of the molecule is CC(/C=C/c1c(C)coc1C)=C\C=C\C(C)=C\C(=O)[O-]. The van der Waals surface area contributed by atoms with Crippen molar-refractivity contribution in [2.75, 3.05) is 0 Å². The van der Waals surface area contributed by atoms with Crippen LogP contribution in [0, 0.1) is 13.8 Å². The van der Waals surface area contributed by atoms with Gasteiger partial charge in [0.1, 0.15) is 5.76 Å². The van der Waals surface area contributed by atoms with Crippen LogP contribution in [0.25, 0.3) is 6.08 Å². The Kier molecular flexibility index (Phi) is 5.78. The second kappa shape index (κ2) is 7.34. The number of furan rings is 1. The van der Waals surface area contributed by atoms with E-state index in [1.807, 2.05) is 45.1 Å². The molecule has 0 saturated heterocycles. The second-order valence-corrected chi connectivity index (χ2v) is 4.70. The molecule has 0 N–H and O–H groups in total. The van der Waals surface area contributed by atoms with Crippen LogP contribution in [0.5, 0.6) is 0 Å². The third-order valence-electron chi connectivity index (χ3n) is 2.79. The molecule has 3 nitrogen and oxygen atoms in total. The maximum atomic E-state index is 10.3. The minimum Gasteiger partial charge on any atom is -0.545 e. The Morgan fingerprint density at radius 1 is 1.20 bits per heavy atom. The van der Waals surface area contributed by atoms with Gasteiger partial charge in [0, 0.05) is 5.56 Å². The molecular weight excluding hydrogens is 252 g/mol.